The van der Waals surface area contributed by atoms with Gasteiger partial charge in [-0.2, -0.15) is 5.06 Å². The number of rotatable bonds is 4. The highest BCUT2D eigenvalue weighted by Crippen LogP contribution is 2.77. The van der Waals surface area contributed by atoms with Gasteiger partial charge in [0.15, 0.2) is 15.4 Å². The normalized spacial score (nSPS) is 26.2. The van der Waals surface area contributed by atoms with E-state index >= 15 is 8.78 Å². The van der Waals surface area contributed by atoms with E-state index in [2.05, 4.69) is 18.2 Å². The van der Waals surface area contributed by atoms with Crippen LogP contribution in [0.5, 0.6) is 0 Å². The van der Waals surface area contributed by atoms with E-state index < -0.39 is 38.1 Å². The number of sulfone groups is 1. The fourth-order valence-corrected chi connectivity index (χ4v) is 8.60. The monoisotopic (exact) mass is 533 g/mol. The number of fused-ring (bicyclic) bond motifs is 1. The summed E-state index contributed by atoms with van der Waals surface area (Å²) < 4.78 is 59.2. The molecule has 0 aromatic heterocycles. The van der Waals surface area contributed by atoms with Crippen molar-refractivity contribution < 1.29 is 22.0 Å². The van der Waals surface area contributed by atoms with Crippen molar-refractivity contribution >= 4 is 20.6 Å². The Labute approximate surface area is 221 Å². The van der Waals surface area contributed by atoms with E-state index in [-0.39, 0.29) is 4.90 Å². The number of aryl methyl sites for hydroxylation is 1. The highest BCUT2D eigenvalue weighted by atomic mass is 32.2. The van der Waals surface area contributed by atoms with Gasteiger partial charge in [0.1, 0.15) is 5.25 Å². The molecule has 4 aromatic carbocycles. The Morgan fingerprint density at radius 1 is 0.842 bits per heavy atom. The molecule has 1 aliphatic carbocycles. The van der Waals surface area contributed by atoms with Crippen LogP contribution in [0.2, 0.25) is 0 Å². The lowest BCUT2D eigenvalue weighted by Crippen LogP contribution is -2.41. The molecule has 3 atom stereocenters. The molecule has 1 spiro atoms. The Kier molecular flexibility index (Phi) is 5.42. The van der Waals surface area contributed by atoms with Crippen molar-refractivity contribution in [1.82, 2.24) is 5.06 Å². The number of hydrogen-bond acceptors (Lipinski definition) is 4. The van der Waals surface area contributed by atoms with Crippen LogP contribution in [0.25, 0.3) is 21.9 Å². The van der Waals surface area contributed by atoms with Gasteiger partial charge in [0, 0.05) is 7.05 Å². The third-order valence-corrected chi connectivity index (χ3v) is 10.7. The molecule has 4 nitrogen and oxygen atoms in total. The molecular formula is C31H29F2NO3S. The number of benzene rings is 4. The summed E-state index contributed by atoms with van der Waals surface area (Å²) >= 11 is 0. The predicted molar refractivity (Wildman–Crippen MR) is 145 cm³/mol. The molecule has 7 heteroatoms. The predicted octanol–water partition coefficient (Wildman–Crippen LogP) is 6.99. The van der Waals surface area contributed by atoms with Crippen LogP contribution in [0.3, 0.4) is 0 Å². The van der Waals surface area contributed by atoms with Crippen LogP contribution in [0, 0.1) is 12.3 Å². The molecule has 0 amide bonds. The molecule has 2 fully saturated rings. The van der Waals surface area contributed by atoms with Crippen molar-refractivity contribution in [3.63, 3.8) is 0 Å². The second kappa shape index (κ2) is 8.18. The van der Waals surface area contributed by atoms with Crippen LogP contribution >= 0.6 is 0 Å². The first-order valence-corrected chi connectivity index (χ1v) is 14.2. The van der Waals surface area contributed by atoms with E-state index in [1.807, 2.05) is 55.5 Å². The zero-order valence-electron chi connectivity index (χ0n) is 21.7. The van der Waals surface area contributed by atoms with Crippen molar-refractivity contribution in [1.29, 1.82) is 0 Å². The Morgan fingerprint density at radius 2 is 1.45 bits per heavy atom. The van der Waals surface area contributed by atoms with E-state index in [1.54, 1.807) is 19.2 Å². The van der Waals surface area contributed by atoms with Gasteiger partial charge in [-0.15, -0.1) is 0 Å². The first-order valence-electron chi connectivity index (χ1n) is 12.6. The van der Waals surface area contributed by atoms with Gasteiger partial charge in [-0.1, -0.05) is 98.3 Å². The van der Waals surface area contributed by atoms with Crippen LogP contribution in [-0.2, 0) is 14.7 Å². The average Bonchev–Trinajstić information content (AvgIpc) is 3.12. The molecule has 1 heterocycles. The molecule has 1 saturated heterocycles. The summed E-state index contributed by atoms with van der Waals surface area (Å²) in [4.78, 5) is 5.89. The lowest BCUT2D eigenvalue weighted by atomic mass is 9.93. The largest absolute Gasteiger partial charge is 0.288 e. The summed E-state index contributed by atoms with van der Waals surface area (Å²) in [5.41, 5.74) is -0.340. The smallest absolute Gasteiger partial charge is 0.283 e. The third-order valence-electron chi connectivity index (χ3n) is 8.52. The molecule has 0 radical (unpaired) electrons. The molecule has 2 aliphatic rings. The van der Waals surface area contributed by atoms with Crippen molar-refractivity contribution in [2.75, 3.05) is 7.05 Å². The van der Waals surface area contributed by atoms with E-state index in [0.29, 0.717) is 5.56 Å². The van der Waals surface area contributed by atoms with Crippen LogP contribution in [0.1, 0.15) is 31.0 Å². The standard InChI is InChI=1S/C31H29F2NO3S/c1-20-12-18-24(19-13-20)38(35,36)28-27(34(4)37-30(28)29(2,3)31(30,32)33)23-16-14-22(15-17-23)26-11-7-9-21-8-5-6-10-25(21)26/h5-19,27-28H,1-4H3/t27-,28-,30+/m1/s1. The van der Waals surface area contributed by atoms with E-state index in [0.717, 1.165) is 27.5 Å². The van der Waals surface area contributed by atoms with Crippen LogP contribution in [-0.4, -0.2) is 37.3 Å². The summed E-state index contributed by atoms with van der Waals surface area (Å²) in [5, 5.41) is 2.02. The quantitative estimate of drug-likeness (QED) is 0.284. The minimum absolute atomic E-state index is 0.0160. The second-order valence-corrected chi connectivity index (χ2v) is 13.0. The summed E-state index contributed by atoms with van der Waals surface area (Å²) in [6, 6.07) is 27.1. The van der Waals surface area contributed by atoms with Gasteiger partial charge >= 0.3 is 0 Å². The molecule has 196 valence electrons. The second-order valence-electron chi connectivity index (χ2n) is 10.9. The van der Waals surface area contributed by atoms with Crippen molar-refractivity contribution in [2.45, 2.75) is 48.5 Å². The first-order chi connectivity index (χ1) is 17.9. The summed E-state index contributed by atoms with van der Waals surface area (Å²) in [6.45, 7) is 4.61. The molecule has 0 N–H and O–H groups in total. The average molecular weight is 534 g/mol. The molecule has 1 aliphatic heterocycles. The van der Waals surface area contributed by atoms with Crippen molar-refractivity contribution in [2.24, 2.45) is 5.41 Å². The summed E-state index contributed by atoms with van der Waals surface area (Å²) in [5.74, 6) is -3.33. The molecule has 0 bridgehead atoms. The number of alkyl halides is 2. The minimum Gasteiger partial charge on any atom is -0.283 e. The summed E-state index contributed by atoms with van der Waals surface area (Å²) in [6.07, 6.45) is 0. The lowest BCUT2D eigenvalue weighted by molar-refractivity contribution is -0.183. The Hall–Kier alpha value is -3.13. The Balaban J connectivity index is 1.47. The fraction of sp³-hybridized carbons (Fsp3) is 0.290. The fourth-order valence-electron chi connectivity index (χ4n) is 6.20. The maximum atomic E-state index is 15.5. The van der Waals surface area contributed by atoms with Gasteiger partial charge < -0.3 is 0 Å². The number of halogens is 2. The number of hydroxylamine groups is 2. The SMILES string of the molecule is Cc1ccc(S(=O)(=O)[C@@H]2[C@@H](c3ccc(-c4cccc5ccccc45)cc3)N(C)O[C@]23C(C)(C)C3(F)F)cc1. The highest BCUT2D eigenvalue weighted by molar-refractivity contribution is 7.92. The Bertz CT molecular complexity index is 1630. The molecule has 4 aromatic rings. The molecule has 6 rings (SSSR count). The molecule has 0 unspecified atom stereocenters. The van der Waals surface area contributed by atoms with Gasteiger partial charge in [0.25, 0.3) is 5.92 Å². The van der Waals surface area contributed by atoms with Crippen LogP contribution in [0.4, 0.5) is 8.78 Å². The van der Waals surface area contributed by atoms with Gasteiger partial charge in [-0.05, 0) is 46.5 Å². The van der Waals surface area contributed by atoms with Crippen molar-refractivity contribution in [3.8, 4) is 11.1 Å². The van der Waals surface area contributed by atoms with Crippen LogP contribution < -0.4 is 0 Å². The van der Waals surface area contributed by atoms with Crippen LogP contribution in [0.15, 0.2) is 95.9 Å². The van der Waals surface area contributed by atoms with Gasteiger partial charge in [-0.25, -0.2) is 17.2 Å². The Morgan fingerprint density at radius 3 is 2.08 bits per heavy atom. The van der Waals surface area contributed by atoms with Gasteiger partial charge in [0.05, 0.1) is 16.4 Å². The first kappa shape index (κ1) is 25.2. The maximum Gasteiger partial charge on any atom is 0.288 e. The van der Waals surface area contributed by atoms with Gasteiger partial charge in [-0.3, -0.25) is 4.84 Å². The third kappa shape index (κ3) is 3.22. The lowest BCUT2D eigenvalue weighted by Gasteiger charge is -2.25. The zero-order chi connectivity index (χ0) is 27.1. The number of hydrogen-bond donors (Lipinski definition) is 0. The molecular weight excluding hydrogens is 504 g/mol. The van der Waals surface area contributed by atoms with E-state index in [4.69, 9.17) is 4.84 Å². The van der Waals surface area contributed by atoms with Gasteiger partial charge in [0.2, 0.25) is 0 Å². The minimum atomic E-state index is -4.21. The molecule has 38 heavy (non-hydrogen) atoms. The van der Waals surface area contributed by atoms with E-state index in [9.17, 15) is 8.42 Å². The summed E-state index contributed by atoms with van der Waals surface area (Å²) in [7, 11) is -2.67. The molecule has 1 saturated carbocycles. The highest BCUT2D eigenvalue weighted by Gasteiger charge is 2.95. The topological polar surface area (TPSA) is 46.6 Å². The number of nitrogens with zero attached hydrogens (tertiary/aromatic N) is 1. The maximum absolute atomic E-state index is 15.5. The van der Waals surface area contributed by atoms with Crippen molar-refractivity contribution in [3.05, 3.63) is 102 Å². The zero-order valence-corrected chi connectivity index (χ0v) is 22.5. The van der Waals surface area contributed by atoms with E-state index in [1.165, 1.54) is 31.0 Å².